The average molecular weight is 320 g/mol. The van der Waals surface area contributed by atoms with Crippen molar-refractivity contribution in [2.24, 2.45) is 7.05 Å². The van der Waals surface area contributed by atoms with Crippen LogP contribution in [0.25, 0.3) is 0 Å². The average Bonchev–Trinajstić information content (AvgIpc) is 2.96. The molecule has 0 bridgehead atoms. The summed E-state index contributed by atoms with van der Waals surface area (Å²) in [7, 11) is 1.93. The van der Waals surface area contributed by atoms with Crippen LogP contribution in [0.1, 0.15) is 30.1 Å². The van der Waals surface area contributed by atoms with Crippen molar-refractivity contribution < 1.29 is 4.39 Å². The van der Waals surface area contributed by atoms with E-state index < -0.39 is 5.82 Å². The highest BCUT2D eigenvalue weighted by molar-refractivity contribution is 6.33. The van der Waals surface area contributed by atoms with E-state index in [0.717, 1.165) is 18.7 Å². The second kappa shape index (κ2) is 5.93. The first kappa shape index (κ1) is 14.8. The largest absolute Gasteiger partial charge is 0.369 e. The van der Waals surface area contributed by atoms with Crippen LogP contribution in [-0.2, 0) is 7.05 Å². The quantitative estimate of drug-likeness (QED) is 0.854. The predicted octanol–water partition coefficient (Wildman–Crippen LogP) is 2.86. The molecule has 7 heteroatoms. The number of anilines is 1. The van der Waals surface area contributed by atoms with E-state index in [0.29, 0.717) is 30.3 Å². The highest BCUT2D eigenvalue weighted by Crippen LogP contribution is 2.36. The fraction of sp³-hybridized carbons (Fsp3) is 0.400. The molecule has 3 rings (SSSR count). The van der Waals surface area contributed by atoms with Gasteiger partial charge in [0.15, 0.2) is 0 Å². The molecule has 2 heterocycles. The van der Waals surface area contributed by atoms with Gasteiger partial charge in [-0.1, -0.05) is 11.6 Å². The summed E-state index contributed by atoms with van der Waals surface area (Å²) in [5.41, 5.74) is 0.907. The summed E-state index contributed by atoms with van der Waals surface area (Å²) in [4.78, 5) is 1.98. The van der Waals surface area contributed by atoms with Crippen LogP contribution in [0.3, 0.4) is 0 Å². The monoisotopic (exact) mass is 319 g/mol. The Morgan fingerprint density at radius 3 is 2.68 bits per heavy atom. The number of piperidine rings is 1. The van der Waals surface area contributed by atoms with Crippen LogP contribution < -0.4 is 4.90 Å². The zero-order valence-electron chi connectivity index (χ0n) is 12.1. The fourth-order valence-corrected chi connectivity index (χ4v) is 3.25. The van der Waals surface area contributed by atoms with E-state index in [9.17, 15) is 9.65 Å². The molecule has 114 valence electrons. The van der Waals surface area contributed by atoms with Crippen LogP contribution in [0, 0.1) is 17.1 Å². The third kappa shape index (κ3) is 2.53. The highest BCUT2D eigenvalue weighted by Gasteiger charge is 2.27. The molecule has 0 spiro atoms. The molecule has 0 unspecified atom stereocenters. The summed E-state index contributed by atoms with van der Waals surface area (Å²) < 4.78 is 15.6. The van der Waals surface area contributed by atoms with Gasteiger partial charge in [0.05, 0.1) is 11.3 Å². The molecule has 0 amide bonds. The number of aryl methyl sites for hydroxylation is 1. The first-order valence-corrected chi connectivity index (χ1v) is 7.46. The fourth-order valence-electron chi connectivity index (χ4n) is 2.96. The lowest BCUT2D eigenvalue weighted by molar-refractivity contribution is 0.473. The van der Waals surface area contributed by atoms with Crippen LogP contribution in [0.15, 0.2) is 18.5 Å². The van der Waals surface area contributed by atoms with Crippen molar-refractivity contribution in [3.05, 3.63) is 40.7 Å². The van der Waals surface area contributed by atoms with E-state index in [4.69, 9.17) is 11.6 Å². The number of hydrogen-bond donors (Lipinski definition) is 0. The topological polar surface area (TPSA) is 57.7 Å². The smallest absolute Gasteiger partial charge is 0.144 e. The van der Waals surface area contributed by atoms with Crippen LogP contribution >= 0.6 is 11.6 Å². The number of halogens is 2. The van der Waals surface area contributed by atoms with Gasteiger partial charge in [-0.05, 0) is 25.0 Å². The number of benzene rings is 1. The lowest BCUT2D eigenvalue weighted by Gasteiger charge is -2.34. The first-order chi connectivity index (χ1) is 10.6. The molecular weight excluding hydrogens is 305 g/mol. The molecule has 0 atom stereocenters. The second-order valence-electron chi connectivity index (χ2n) is 5.43. The number of nitriles is 1. The SMILES string of the molecule is Cn1cnnc1C1CCN(c2c(C#N)ccc(F)c2Cl)CC1. The molecule has 0 radical (unpaired) electrons. The van der Waals surface area contributed by atoms with Gasteiger partial charge in [0.25, 0.3) is 0 Å². The van der Waals surface area contributed by atoms with Crippen LogP contribution in [0.2, 0.25) is 5.02 Å². The van der Waals surface area contributed by atoms with Crippen molar-refractivity contribution >= 4 is 17.3 Å². The van der Waals surface area contributed by atoms with Gasteiger partial charge in [0.2, 0.25) is 0 Å². The molecule has 0 aliphatic carbocycles. The van der Waals surface area contributed by atoms with Crippen LogP contribution in [0.4, 0.5) is 10.1 Å². The molecule has 1 aliphatic rings. The lowest BCUT2D eigenvalue weighted by atomic mass is 9.95. The van der Waals surface area contributed by atoms with Gasteiger partial charge in [0.1, 0.15) is 29.1 Å². The molecule has 1 aromatic carbocycles. The highest BCUT2D eigenvalue weighted by atomic mass is 35.5. The Kier molecular flexibility index (Phi) is 3.99. The molecule has 2 aromatic rings. The zero-order valence-corrected chi connectivity index (χ0v) is 12.9. The number of nitrogens with zero attached hydrogens (tertiary/aromatic N) is 5. The Morgan fingerprint density at radius 2 is 2.09 bits per heavy atom. The molecule has 22 heavy (non-hydrogen) atoms. The van der Waals surface area contributed by atoms with E-state index >= 15 is 0 Å². The maximum absolute atomic E-state index is 13.7. The minimum Gasteiger partial charge on any atom is -0.369 e. The predicted molar refractivity (Wildman–Crippen MR) is 81.3 cm³/mol. The van der Waals surface area contributed by atoms with Crippen LogP contribution in [-0.4, -0.2) is 27.9 Å². The molecule has 1 saturated heterocycles. The molecule has 1 fully saturated rings. The Labute approximate surface area is 132 Å². The third-order valence-electron chi connectivity index (χ3n) is 4.11. The summed E-state index contributed by atoms with van der Waals surface area (Å²) in [5.74, 6) is 0.790. The summed E-state index contributed by atoms with van der Waals surface area (Å²) in [6, 6.07) is 4.80. The summed E-state index contributed by atoms with van der Waals surface area (Å²) in [6.45, 7) is 1.41. The molecule has 1 aliphatic heterocycles. The van der Waals surface area contributed by atoms with Crippen molar-refractivity contribution in [3.8, 4) is 6.07 Å². The summed E-state index contributed by atoms with van der Waals surface area (Å²) in [5, 5.41) is 17.3. The number of rotatable bonds is 2. The van der Waals surface area contributed by atoms with Crippen molar-refractivity contribution in [3.63, 3.8) is 0 Å². The van der Waals surface area contributed by atoms with Gasteiger partial charge in [0, 0.05) is 26.1 Å². The first-order valence-electron chi connectivity index (χ1n) is 7.08. The number of aromatic nitrogens is 3. The minimum atomic E-state index is -0.494. The van der Waals surface area contributed by atoms with Gasteiger partial charge < -0.3 is 9.47 Å². The van der Waals surface area contributed by atoms with E-state index in [1.165, 1.54) is 12.1 Å². The minimum absolute atomic E-state index is 0.0242. The van der Waals surface area contributed by atoms with Gasteiger partial charge in [-0.3, -0.25) is 0 Å². The molecule has 0 saturated carbocycles. The Balaban J connectivity index is 1.82. The van der Waals surface area contributed by atoms with Crippen molar-refractivity contribution in [1.82, 2.24) is 14.8 Å². The van der Waals surface area contributed by atoms with Crippen molar-refractivity contribution in [1.29, 1.82) is 5.26 Å². The van der Waals surface area contributed by atoms with E-state index in [-0.39, 0.29) is 5.02 Å². The molecular formula is C15H15ClFN5. The van der Waals surface area contributed by atoms with Gasteiger partial charge in [-0.25, -0.2) is 4.39 Å². The van der Waals surface area contributed by atoms with E-state index in [2.05, 4.69) is 16.3 Å². The van der Waals surface area contributed by atoms with E-state index in [1.54, 1.807) is 6.33 Å². The van der Waals surface area contributed by atoms with Gasteiger partial charge >= 0.3 is 0 Å². The van der Waals surface area contributed by atoms with E-state index in [1.807, 2.05) is 16.5 Å². The maximum Gasteiger partial charge on any atom is 0.144 e. The normalized spacial score (nSPS) is 15.8. The Morgan fingerprint density at radius 1 is 1.36 bits per heavy atom. The zero-order chi connectivity index (χ0) is 15.7. The van der Waals surface area contributed by atoms with Gasteiger partial charge in [-0.15, -0.1) is 10.2 Å². The lowest BCUT2D eigenvalue weighted by Crippen LogP contribution is -2.34. The summed E-state index contributed by atoms with van der Waals surface area (Å²) in [6.07, 6.45) is 3.42. The standard InChI is InChI=1S/C15H15ClFN5/c1-21-9-19-20-15(21)10-4-6-22(7-5-10)14-11(8-18)2-3-12(17)13(14)16/h2-3,9-10H,4-7H2,1H3. The second-order valence-corrected chi connectivity index (χ2v) is 5.81. The Bertz CT molecular complexity index is 728. The van der Waals surface area contributed by atoms with Gasteiger partial charge in [-0.2, -0.15) is 5.26 Å². The van der Waals surface area contributed by atoms with Crippen molar-refractivity contribution in [2.45, 2.75) is 18.8 Å². The molecule has 0 N–H and O–H groups in total. The summed E-state index contributed by atoms with van der Waals surface area (Å²) >= 11 is 6.08. The van der Waals surface area contributed by atoms with Crippen molar-refractivity contribution in [2.75, 3.05) is 18.0 Å². The number of hydrogen-bond acceptors (Lipinski definition) is 4. The third-order valence-corrected chi connectivity index (χ3v) is 4.47. The molecule has 1 aromatic heterocycles. The molecule has 5 nitrogen and oxygen atoms in total. The van der Waals surface area contributed by atoms with Crippen LogP contribution in [0.5, 0.6) is 0 Å². The Hall–Kier alpha value is -2.13. The maximum atomic E-state index is 13.7.